The summed E-state index contributed by atoms with van der Waals surface area (Å²) in [5.74, 6) is 0.356. The van der Waals surface area contributed by atoms with Crippen LogP contribution in [0.25, 0.3) is 0 Å². The third-order valence-corrected chi connectivity index (χ3v) is 3.92. The van der Waals surface area contributed by atoms with Crippen LogP contribution in [0.5, 0.6) is 5.75 Å². The number of ether oxygens (including phenoxy) is 2. The number of carbonyl (C=O) groups is 2. The first-order chi connectivity index (χ1) is 11.2. The standard InChI is InChI=1S/C17H24N2O4/c1-3-23-15-9-5-4-7-13(15)18-16(20)10-12-19-11-6-8-14(19)17(21)22-2/h4-5,7,9,14H,3,6,8,10-12H2,1-2H3,(H,18,20). The lowest BCUT2D eigenvalue weighted by molar-refractivity contribution is -0.146. The number of rotatable bonds is 7. The molecular weight excluding hydrogens is 296 g/mol. The van der Waals surface area contributed by atoms with Gasteiger partial charge in [0.1, 0.15) is 11.8 Å². The van der Waals surface area contributed by atoms with E-state index in [1.165, 1.54) is 7.11 Å². The number of hydrogen-bond donors (Lipinski definition) is 1. The topological polar surface area (TPSA) is 67.9 Å². The first-order valence-corrected chi connectivity index (χ1v) is 7.99. The molecule has 1 aromatic rings. The monoisotopic (exact) mass is 320 g/mol. The van der Waals surface area contributed by atoms with Crippen molar-refractivity contribution in [2.75, 3.05) is 32.1 Å². The number of hydrogen-bond acceptors (Lipinski definition) is 5. The minimum absolute atomic E-state index is 0.0901. The van der Waals surface area contributed by atoms with Crippen LogP contribution in [0.4, 0.5) is 5.69 Å². The van der Waals surface area contributed by atoms with Crippen molar-refractivity contribution in [3.8, 4) is 5.75 Å². The molecule has 2 rings (SSSR count). The second-order valence-corrected chi connectivity index (χ2v) is 5.44. The number of nitrogens with one attached hydrogen (secondary N) is 1. The number of benzene rings is 1. The van der Waals surface area contributed by atoms with Gasteiger partial charge in [-0.05, 0) is 38.4 Å². The number of likely N-dealkylation sites (tertiary alicyclic amines) is 1. The van der Waals surface area contributed by atoms with Crippen LogP contribution in [0.1, 0.15) is 26.2 Å². The van der Waals surface area contributed by atoms with Crippen molar-refractivity contribution in [2.45, 2.75) is 32.2 Å². The van der Waals surface area contributed by atoms with Crippen LogP contribution in [0.2, 0.25) is 0 Å². The van der Waals surface area contributed by atoms with Crippen LogP contribution in [0.15, 0.2) is 24.3 Å². The van der Waals surface area contributed by atoms with Gasteiger partial charge in [0.25, 0.3) is 0 Å². The predicted octanol–water partition coefficient (Wildman–Crippen LogP) is 2.05. The number of carbonyl (C=O) groups excluding carboxylic acids is 2. The Kier molecular flexibility index (Phi) is 6.40. The third-order valence-electron chi connectivity index (χ3n) is 3.92. The highest BCUT2D eigenvalue weighted by molar-refractivity contribution is 5.92. The van der Waals surface area contributed by atoms with Crippen molar-refractivity contribution in [3.63, 3.8) is 0 Å². The maximum absolute atomic E-state index is 12.2. The quantitative estimate of drug-likeness (QED) is 0.779. The van der Waals surface area contributed by atoms with Gasteiger partial charge in [-0.2, -0.15) is 0 Å². The van der Waals surface area contributed by atoms with E-state index in [4.69, 9.17) is 9.47 Å². The van der Waals surface area contributed by atoms with E-state index < -0.39 is 0 Å². The Morgan fingerprint density at radius 1 is 1.35 bits per heavy atom. The zero-order valence-corrected chi connectivity index (χ0v) is 13.7. The summed E-state index contributed by atoms with van der Waals surface area (Å²) in [5.41, 5.74) is 0.672. The molecule has 1 aliphatic rings. The molecule has 1 aliphatic heterocycles. The SMILES string of the molecule is CCOc1ccccc1NC(=O)CCN1CCCC1C(=O)OC. The smallest absolute Gasteiger partial charge is 0.323 e. The van der Waals surface area contributed by atoms with Gasteiger partial charge in [-0.3, -0.25) is 14.5 Å². The number of amides is 1. The van der Waals surface area contributed by atoms with Gasteiger partial charge in [-0.25, -0.2) is 0 Å². The Morgan fingerprint density at radius 2 is 2.13 bits per heavy atom. The van der Waals surface area contributed by atoms with E-state index in [-0.39, 0.29) is 17.9 Å². The van der Waals surface area contributed by atoms with Crippen LogP contribution in [-0.4, -0.2) is 49.6 Å². The maximum atomic E-state index is 12.2. The number of nitrogens with zero attached hydrogens (tertiary/aromatic N) is 1. The highest BCUT2D eigenvalue weighted by Gasteiger charge is 2.31. The fourth-order valence-corrected chi connectivity index (χ4v) is 2.81. The minimum Gasteiger partial charge on any atom is -0.492 e. The highest BCUT2D eigenvalue weighted by Crippen LogP contribution is 2.24. The molecule has 0 aromatic heterocycles. The van der Waals surface area contributed by atoms with Crippen molar-refractivity contribution in [2.24, 2.45) is 0 Å². The normalized spacial score (nSPS) is 17.7. The second kappa shape index (κ2) is 8.53. The van der Waals surface area contributed by atoms with Gasteiger partial charge < -0.3 is 14.8 Å². The van der Waals surface area contributed by atoms with Crippen LogP contribution in [0, 0.1) is 0 Å². The Hall–Kier alpha value is -2.08. The first-order valence-electron chi connectivity index (χ1n) is 7.99. The Bertz CT molecular complexity index is 547. The molecule has 0 bridgehead atoms. The number of esters is 1. The van der Waals surface area contributed by atoms with E-state index in [1.54, 1.807) is 0 Å². The summed E-state index contributed by atoms with van der Waals surface area (Å²) in [4.78, 5) is 25.9. The summed E-state index contributed by atoms with van der Waals surface area (Å²) >= 11 is 0. The van der Waals surface area contributed by atoms with Crippen molar-refractivity contribution in [3.05, 3.63) is 24.3 Å². The van der Waals surface area contributed by atoms with Crippen LogP contribution >= 0.6 is 0 Å². The van der Waals surface area contributed by atoms with Crippen molar-refractivity contribution in [1.29, 1.82) is 0 Å². The average Bonchev–Trinajstić information content (AvgIpc) is 3.03. The second-order valence-electron chi connectivity index (χ2n) is 5.44. The molecule has 126 valence electrons. The van der Waals surface area contributed by atoms with Gasteiger partial charge in [0.2, 0.25) is 5.91 Å². The Balaban J connectivity index is 1.87. The van der Waals surface area contributed by atoms with Crippen molar-refractivity contribution < 1.29 is 19.1 Å². The van der Waals surface area contributed by atoms with Gasteiger partial charge in [-0.1, -0.05) is 12.1 Å². The number of anilines is 1. The van der Waals surface area contributed by atoms with E-state index >= 15 is 0 Å². The summed E-state index contributed by atoms with van der Waals surface area (Å²) in [6.45, 7) is 3.81. The molecule has 1 saturated heterocycles. The fraction of sp³-hybridized carbons (Fsp3) is 0.529. The minimum atomic E-state index is -0.219. The summed E-state index contributed by atoms with van der Waals surface area (Å²) < 4.78 is 10.3. The molecule has 1 fully saturated rings. The lowest BCUT2D eigenvalue weighted by Gasteiger charge is -2.22. The zero-order valence-electron chi connectivity index (χ0n) is 13.7. The predicted molar refractivity (Wildman–Crippen MR) is 87.5 cm³/mol. The zero-order chi connectivity index (χ0) is 16.7. The van der Waals surface area contributed by atoms with E-state index in [1.807, 2.05) is 36.1 Å². The Morgan fingerprint density at radius 3 is 2.87 bits per heavy atom. The van der Waals surface area contributed by atoms with Gasteiger partial charge in [0.05, 0.1) is 19.4 Å². The summed E-state index contributed by atoms with van der Waals surface area (Å²) in [7, 11) is 1.40. The summed E-state index contributed by atoms with van der Waals surface area (Å²) in [6.07, 6.45) is 2.07. The van der Waals surface area contributed by atoms with Gasteiger partial charge in [0, 0.05) is 13.0 Å². The molecule has 0 spiro atoms. The third kappa shape index (κ3) is 4.69. The van der Waals surface area contributed by atoms with Crippen LogP contribution in [-0.2, 0) is 14.3 Å². The van der Waals surface area contributed by atoms with Gasteiger partial charge in [-0.15, -0.1) is 0 Å². The molecule has 6 nitrogen and oxygen atoms in total. The van der Waals surface area contributed by atoms with E-state index in [2.05, 4.69) is 5.32 Å². The fourth-order valence-electron chi connectivity index (χ4n) is 2.81. The lowest BCUT2D eigenvalue weighted by Crippen LogP contribution is -2.38. The highest BCUT2D eigenvalue weighted by atomic mass is 16.5. The molecule has 1 N–H and O–H groups in total. The molecule has 6 heteroatoms. The van der Waals surface area contributed by atoms with E-state index in [0.29, 0.717) is 31.0 Å². The molecular formula is C17H24N2O4. The molecule has 0 radical (unpaired) electrons. The Labute approximate surface area is 136 Å². The molecule has 0 aliphatic carbocycles. The van der Waals surface area contributed by atoms with Gasteiger partial charge >= 0.3 is 5.97 Å². The first kappa shape index (κ1) is 17.3. The van der Waals surface area contributed by atoms with E-state index in [9.17, 15) is 9.59 Å². The molecule has 1 aromatic carbocycles. The molecule has 1 atom stereocenters. The molecule has 1 heterocycles. The molecule has 0 saturated carbocycles. The van der Waals surface area contributed by atoms with Crippen LogP contribution < -0.4 is 10.1 Å². The number of methoxy groups -OCH3 is 1. The maximum Gasteiger partial charge on any atom is 0.323 e. The number of para-hydroxylation sites is 2. The molecule has 1 unspecified atom stereocenters. The van der Waals surface area contributed by atoms with E-state index in [0.717, 1.165) is 19.4 Å². The average molecular weight is 320 g/mol. The lowest BCUT2D eigenvalue weighted by atomic mass is 10.2. The molecule has 1 amide bonds. The van der Waals surface area contributed by atoms with Crippen molar-refractivity contribution >= 4 is 17.6 Å². The summed E-state index contributed by atoms with van der Waals surface area (Å²) in [5, 5.41) is 2.87. The summed E-state index contributed by atoms with van der Waals surface area (Å²) in [6, 6.07) is 7.14. The van der Waals surface area contributed by atoms with Crippen LogP contribution in [0.3, 0.4) is 0 Å². The molecule has 23 heavy (non-hydrogen) atoms. The largest absolute Gasteiger partial charge is 0.492 e. The van der Waals surface area contributed by atoms with Crippen molar-refractivity contribution in [1.82, 2.24) is 4.90 Å². The van der Waals surface area contributed by atoms with Gasteiger partial charge in [0.15, 0.2) is 0 Å².